The van der Waals surface area contributed by atoms with Gasteiger partial charge in [-0.2, -0.15) is 0 Å². The molecule has 1 heterocycles. The molecule has 3 heteroatoms. The van der Waals surface area contributed by atoms with Crippen LogP contribution in [0.2, 0.25) is 18.1 Å². The molecule has 2 atom stereocenters. The third-order valence-electron chi connectivity index (χ3n) is 3.81. The summed E-state index contributed by atoms with van der Waals surface area (Å²) >= 11 is 0. The third kappa shape index (κ3) is 3.84. The van der Waals surface area contributed by atoms with E-state index in [1.165, 1.54) is 0 Å². The molecule has 0 aliphatic carbocycles. The number of hydrogen-bond acceptors (Lipinski definition) is 2. The summed E-state index contributed by atoms with van der Waals surface area (Å²) < 4.78 is 12.1. The minimum Gasteiger partial charge on any atom is -0.410 e. The molecule has 1 rings (SSSR count). The van der Waals surface area contributed by atoms with Crippen LogP contribution in [0, 0.1) is 11.8 Å². The largest absolute Gasteiger partial charge is 0.410 e. The summed E-state index contributed by atoms with van der Waals surface area (Å²) in [4.78, 5) is 0. The second kappa shape index (κ2) is 5.56. The van der Waals surface area contributed by atoms with Crippen molar-refractivity contribution < 1.29 is 9.16 Å². The lowest BCUT2D eigenvalue weighted by molar-refractivity contribution is -0.0371. The van der Waals surface area contributed by atoms with Crippen LogP contribution in [-0.4, -0.2) is 27.1 Å². The quantitative estimate of drug-likeness (QED) is 0.554. The van der Waals surface area contributed by atoms with Crippen LogP contribution in [0.5, 0.6) is 0 Å². The van der Waals surface area contributed by atoms with Crippen molar-refractivity contribution in [3.63, 3.8) is 0 Å². The fourth-order valence-electron chi connectivity index (χ4n) is 1.71. The molecule has 0 saturated carbocycles. The van der Waals surface area contributed by atoms with E-state index in [2.05, 4.69) is 45.7 Å². The maximum absolute atomic E-state index is 6.42. The second-order valence-electron chi connectivity index (χ2n) is 6.24. The lowest BCUT2D eigenvalue weighted by Gasteiger charge is -2.41. The van der Waals surface area contributed by atoms with E-state index in [1.54, 1.807) is 0 Å². The van der Waals surface area contributed by atoms with Gasteiger partial charge in [-0.3, -0.25) is 0 Å². The van der Waals surface area contributed by atoms with Gasteiger partial charge in [0.15, 0.2) is 8.32 Å². The van der Waals surface area contributed by atoms with Gasteiger partial charge in [-0.1, -0.05) is 26.7 Å². The summed E-state index contributed by atoms with van der Waals surface area (Å²) in [7, 11) is -1.71. The van der Waals surface area contributed by atoms with Crippen molar-refractivity contribution >= 4 is 8.32 Å². The summed E-state index contributed by atoms with van der Waals surface area (Å²) in [6, 6.07) is 0. The minimum atomic E-state index is -1.71. The zero-order chi connectivity index (χ0) is 13.1. The summed E-state index contributed by atoms with van der Waals surface area (Å²) in [5.41, 5.74) is 0. The van der Waals surface area contributed by atoms with E-state index >= 15 is 0 Å². The number of ether oxygens (including phenoxy) is 1. The summed E-state index contributed by atoms with van der Waals surface area (Å²) in [5, 5.41) is 0.245. The molecule has 0 aromatic heterocycles. The average Bonchev–Trinajstić information content (AvgIpc) is 2.19. The lowest BCUT2D eigenvalue weighted by atomic mass is 10.1. The monoisotopic (exact) mass is 254 g/mol. The molecule has 1 aliphatic heterocycles. The summed E-state index contributed by atoms with van der Waals surface area (Å²) in [5.74, 6) is 6.09. The first kappa shape index (κ1) is 14.8. The van der Waals surface area contributed by atoms with E-state index in [0.29, 0.717) is 0 Å². The van der Waals surface area contributed by atoms with Gasteiger partial charge in [0.2, 0.25) is 0 Å². The highest BCUT2D eigenvalue weighted by Gasteiger charge is 2.41. The van der Waals surface area contributed by atoms with Crippen molar-refractivity contribution in [1.29, 1.82) is 0 Å². The molecular weight excluding hydrogens is 228 g/mol. The summed E-state index contributed by atoms with van der Waals surface area (Å²) in [6.07, 6.45) is 2.30. The Labute approximate surface area is 107 Å². The average molecular weight is 254 g/mol. The van der Waals surface area contributed by atoms with Gasteiger partial charge in [-0.25, -0.2) is 0 Å². The third-order valence-corrected chi connectivity index (χ3v) is 8.31. The Bertz CT molecular complexity index is 306. The minimum absolute atomic E-state index is 0.0251. The fourth-order valence-corrected chi connectivity index (χ4v) is 3.06. The molecule has 1 fully saturated rings. The number of rotatable bonds is 2. The van der Waals surface area contributed by atoms with Gasteiger partial charge in [0.25, 0.3) is 0 Å². The molecule has 0 aromatic rings. The van der Waals surface area contributed by atoms with Crippen molar-refractivity contribution in [2.45, 2.75) is 70.9 Å². The van der Waals surface area contributed by atoms with Crippen molar-refractivity contribution in [2.75, 3.05) is 6.61 Å². The molecule has 17 heavy (non-hydrogen) atoms. The Balaban J connectivity index is 2.73. The topological polar surface area (TPSA) is 18.5 Å². The zero-order valence-electron chi connectivity index (χ0n) is 12.1. The van der Waals surface area contributed by atoms with Gasteiger partial charge < -0.3 is 9.16 Å². The van der Waals surface area contributed by atoms with Crippen molar-refractivity contribution in [1.82, 2.24) is 0 Å². The Morgan fingerprint density at radius 3 is 2.47 bits per heavy atom. The SMILES string of the molecule is CC#C[C@H]1OCCC[C@@H]1O[Si](C)(C)C(C)(C)C. The van der Waals surface area contributed by atoms with Crippen LogP contribution in [0.4, 0.5) is 0 Å². The van der Waals surface area contributed by atoms with E-state index in [4.69, 9.17) is 9.16 Å². The second-order valence-corrected chi connectivity index (χ2v) is 11.0. The van der Waals surface area contributed by atoms with Gasteiger partial charge in [-0.05, 0) is 37.9 Å². The van der Waals surface area contributed by atoms with Crippen LogP contribution in [-0.2, 0) is 9.16 Å². The predicted octanol–water partition coefficient (Wildman–Crippen LogP) is 3.58. The number of hydrogen-bond donors (Lipinski definition) is 0. The summed E-state index contributed by atoms with van der Waals surface area (Å²) in [6.45, 7) is 14.1. The van der Waals surface area contributed by atoms with Crippen LogP contribution < -0.4 is 0 Å². The van der Waals surface area contributed by atoms with Gasteiger partial charge >= 0.3 is 0 Å². The maximum Gasteiger partial charge on any atom is 0.192 e. The maximum atomic E-state index is 6.42. The Hall–Kier alpha value is -0.303. The molecule has 0 radical (unpaired) electrons. The highest BCUT2D eigenvalue weighted by Crippen LogP contribution is 2.38. The highest BCUT2D eigenvalue weighted by atomic mass is 28.4. The van der Waals surface area contributed by atoms with Gasteiger partial charge in [0.1, 0.15) is 6.10 Å². The van der Waals surface area contributed by atoms with Crippen molar-refractivity contribution in [3.05, 3.63) is 0 Å². The molecular formula is C14H26O2Si. The van der Waals surface area contributed by atoms with E-state index in [0.717, 1.165) is 19.4 Å². The molecule has 0 amide bonds. The van der Waals surface area contributed by atoms with E-state index < -0.39 is 8.32 Å². The van der Waals surface area contributed by atoms with Crippen LogP contribution in [0.15, 0.2) is 0 Å². The normalized spacial score (nSPS) is 26.2. The van der Waals surface area contributed by atoms with Crippen molar-refractivity contribution in [3.8, 4) is 11.8 Å². The van der Waals surface area contributed by atoms with Crippen LogP contribution >= 0.6 is 0 Å². The first-order valence-electron chi connectivity index (χ1n) is 6.49. The van der Waals surface area contributed by atoms with E-state index in [9.17, 15) is 0 Å². The zero-order valence-corrected chi connectivity index (χ0v) is 13.1. The van der Waals surface area contributed by atoms with Crippen LogP contribution in [0.25, 0.3) is 0 Å². The molecule has 0 bridgehead atoms. The standard InChI is InChI=1S/C14H26O2Si/c1-7-9-12-13(10-8-11-15-12)16-17(5,6)14(2,3)4/h12-13H,8,10-11H2,1-6H3/t12-,13+/m1/s1. The molecule has 2 nitrogen and oxygen atoms in total. The van der Waals surface area contributed by atoms with Crippen LogP contribution in [0.1, 0.15) is 40.5 Å². The van der Waals surface area contributed by atoms with Crippen molar-refractivity contribution in [2.24, 2.45) is 0 Å². The molecule has 0 unspecified atom stereocenters. The molecule has 0 N–H and O–H groups in total. The molecule has 0 aromatic carbocycles. The lowest BCUT2D eigenvalue weighted by Crippen LogP contribution is -2.48. The van der Waals surface area contributed by atoms with Gasteiger partial charge in [0.05, 0.1) is 6.10 Å². The van der Waals surface area contributed by atoms with E-state index in [-0.39, 0.29) is 17.2 Å². The highest BCUT2D eigenvalue weighted by molar-refractivity contribution is 6.74. The molecule has 1 saturated heterocycles. The van der Waals surface area contributed by atoms with Gasteiger partial charge in [0, 0.05) is 6.61 Å². The Morgan fingerprint density at radius 1 is 1.29 bits per heavy atom. The Kier molecular flexibility index (Phi) is 4.83. The van der Waals surface area contributed by atoms with E-state index in [1.807, 2.05) is 6.92 Å². The van der Waals surface area contributed by atoms with Gasteiger partial charge in [-0.15, -0.1) is 5.92 Å². The first-order valence-corrected chi connectivity index (χ1v) is 9.40. The van der Waals surface area contributed by atoms with Crippen LogP contribution in [0.3, 0.4) is 0 Å². The molecule has 0 spiro atoms. The fraction of sp³-hybridized carbons (Fsp3) is 0.857. The predicted molar refractivity (Wildman–Crippen MR) is 74.5 cm³/mol. The smallest absolute Gasteiger partial charge is 0.192 e. The Morgan fingerprint density at radius 2 is 1.94 bits per heavy atom. The molecule has 1 aliphatic rings. The molecule has 98 valence electrons. The first-order chi connectivity index (χ1) is 7.78.